The lowest BCUT2D eigenvalue weighted by molar-refractivity contribution is -0.140. The van der Waals surface area contributed by atoms with Gasteiger partial charge in [0.25, 0.3) is 0 Å². The van der Waals surface area contributed by atoms with Gasteiger partial charge in [-0.05, 0) is 37.5 Å². The number of methoxy groups -OCH3 is 2. The Bertz CT molecular complexity index is 675. The molecular formula is C24H40N4O4. The molecule has 32 heavy (non-hydrogen) atoms. The van der Waals surface area contributed by atoms with Crippen molar-refractivity contribution in [1.29, 1.82) is 0 Å². The summed E-state index contributed by atoms with van der Waals surface area (Å²) in [6, 6.07) is 8.47. The van der Waals surface area contributed by atoms with E-state index in [0.29, 0.717) is 13.0 Å². The van der Waals surface area contributed by atoms with Gasteiger partial charge in [0.05, 0.1) is 40.0 Å². The largest absolute Gasteiger partial charge is 0.497 e. The SMILES string of the molecule is CCNC(=NCC(c1ccc(OC)cc1)N1CCOCC1)NCCCCCCC(=O)OC. The van der Waals surface area contributed by atoms with Crippen LogP contribution in [-0.2, 0) is 14.3 Å². The topological polar surface area (TPSA) is 84.4 Å². The fraction of sp³-hybridized carbons (Fsp3) is 0.667. The summed E-state index contributed by atoms with van der Waals surface area (Å²) in [6.07, 6.45) is 4.52. The fourth-order valence-corrected chi connectivity index (χ4v) is 3.72. The highest BCUT2D eigenvalue weighted by Crippen LogP contribution is 2.24. The van der Waals surface area contributed by atoms with E-state index in [1.54, 1.807) is 7.11 Å². The zero-order valence-corrected chi connectivity index (χ0v) is 19.9. The average molecular weight is 449 g/mol. The van der Waals surface area contributed by atoms with Crippen LogP contribution in [-0.4, -0.2) is 77.0 Å². The Kier molecular flexibility index (Phi) is 12.5. The Labute approximate surface area is 192 Å². The van der Waals surface area contributed by atoms with Gasteiger partial charge in [-0.2, -0.15) is 0 Å². The molecule has 1 fully saturated rings. The number of benzene rings is 1. The molecule has 0 saturated carbocycles. The molecule has 0 amide bonds. The van der Waals surface area contributed by atoms with E-state index in [0.717, 1.165) is 76.8 Å². The van der Waals surface area contributed by atoms with E-state index in [2.05, 4.69) is 39.3 Å². The van der Waals surface area contributed by atoms with E-state index in [1.807, 2.05) is 12.1 Å². The number of ether oxygens (including phenoxy) is 3. The quantitative estimate of drug-likeness (QED) is 0.208. The van der Waals surface area contributed by atoms with Crippen LogP contribution in [0.5, 0.6) is 5.75 Å². The summed E-state index contributed by atoms with van der Waals surface area (Å²) < 4.78 is 15.5. The van der Waals surface area contributed by atoms with E-state index >= 15 is 0 Å². The summed E-state index contributed by atoms with van der Waals surface area (Å²) in [5.41, 5.74) is 1.23. The van der Waals surface area contributed by atoms with Crippen LogP contribution in [0.2, 0.25) is 0 Å². The number of nitrogens with one attached hydrogen (secondary N) is 2. The van der Waals surface area contributed by atoms with Crippen LogP contribution in [0, 0.1) is 0 Å². The molecule has 1 saturated heterocycles. The molecule has 0 radical (unpaired) electrons. The number of hydrogen-bond donors (Lipinski definition) is 2. The first kappa shape index (κ1) is 25.9. The maximum absolute atomic E-state index is 11.2. The van der Waals surface area contributed by atoms with Crippen molar-refractivity contribution >= 4 is 11.9 Å². The number of rotatable bonds is 13. The van der Waals surface area contributed by atoms with Crippen molar-refractivity contribution in [2.45, 2.75) is 45.1 Å². The summed E-state index contributed by atoms with van der Waals surface area (Å²) in [6.45, 7) is 7.73. The van der Waals surface area contributed by atoms with Gasteiger partial charge in [0.15, 0.2) is 5.96 Å². The maximum atomic E-state index is 11.2. The van der Waals surface area contributed by atoms with Crippen molar-refractivity contribution < 1.29 is 19.0 Å². The van der Waals surface area contributed by atoms with Crippen LogP contribution < -0.4 is 15.4 Å². The molecule has 0 spiro atoms. The number of guanidine groups is 1. The molecule has 180 valence electrons. The van der Waals surface area contributed by atoms with Gasteiger partial charge >= 0.3 is 5.97 Å². The first-order valence-electron chi connectivity index (χ1n) is 11.7. The predicted molar refractivity (Wildman–Crippen MR) is 127 cm³/mol. The van der Waals surface area contributed by atoms with Gasteiger partial charge in [-0.15, -0.1) is 0 Å². The van der Waals surface area contributed by atoms with Crippen LogP contribution in [0.25, 0.3) is 0 Å². The Hall–Kier alpha value is -2.32. The van der Waals surface area contributed by atoms with E-state index < -0.39 is 0 Å². The Morgan fingerprint density at radius 2 is 1.81 bits per heavy atom. The summed E-state index contributed by atoms with van der Waals surface area (Å²) in [5.74, 6) is 1.57. The molecule has 0 aliphatic carbocycles. The van der Waals surface area contributed by atoms with Gasteiger partial charge in [0.2, 0.25) is 0 Å². The molecule has 1 aliphatic rings. The van der Waals surface area contributed by atoms with Crippen molar-refractivity contribution in [2.24, 2.45) is 4.99 Å². The maximum Gasteiger partial charge on any atom is 0.305 e. The number of carbonyl (C=O) groups excluding carboxylic acids is 1. The highest BCUT2D eigenvalue weighted by atomic mass is 16.5. The highest BCUT2D eigenvalue weighted by molar-refractivity contribution is 5.79. The smallest absolute Gasteiger partial charge is 0.305 e. The second-order valence-electron chi connectivity index (χ2n) is 7.82. The van der Waals surface area contributed by atoms with Gasteiger partial charge in [-0.3, -0.25) is 14.7 Å². The Morgan fingerprint density at radius 3 is 2.47 bits per heavy atom. The average Bonchev–Trinajstić information content (AvgIpc) is 2.84. The zero-order valence-electron chi connectivity index (χ0n) is 19.9. The molecule has 1 unspecified atom stereocenters. The van der Waals surface area contributed by atoms with Gasteiger partial charge in [-0.25, -0.2) is 0 Å². The second-order valence-corrected chi connectivity index (χ2v) is 7.82. The minimum absolute atomic E-state index is 0.128. The number of carbonyl (C=O) groups is 1. The first-order valence-corrected chi connectivity index (χ1v) is 11.7. The third-order valence-electron chi connectivity index (χ3n) is 5.58. The Balaban J connectivity index is 1.89. The molecule has 1 atom stereocenters. The second kappa shape index (κ2) is 15.5. The number of aliphatic imine (C=N–C) groups is 1. The van der Waals surface area contributed by atoms with Crippen molar-refractivity contribution in [3.8, 4) is 5.75 Å². The molecule has 1 aromatic rings. The third-order valence-corrected chi connectivity index (χ3v) is 5.58. The number of hydrogen-bond acceptors (Lipinski definition) is 6. The molecule has 8 nitrogen and oxygen atoms in total. The van der Waals surface area contributed by atoms with E-state index in [4.69, 9.17) is 14.5 Å². The van der Waals surface area contributed by atoms with Crippen LogP contribution in [0.3, 0.4) is 0 Å². The molecule has 1 aromatic carbocycles. The van der Waals surface area contributed by atoms with Crippen molar-refractivity contribution in [3.05, 3.63) is 29.8 Å². The van der Waals surface area contributed by atoms with Crippen molar-refractivity contribution in [3.63, 3.8) is 0 Å². The first-order chi connectivity index (χ1) is 15.7. The van der Waals surface area contributed by atoms with E-state index in [1.165, 1.54) is 12.7 Å². The monoisotopic (exact) mass is 448 g/mol. The standard InChI is InChI=1S/C24H40N4O4/c1-4-25-24(26-14-8-6-5-7-9-23(29)31-3)27-19-22(28-15-17-32-18-16-28)20-10-12-21(30-2)13-11-20/h10-13,22H,4-9,14-19H2,1-3H3,(H2,25,26,27). The molecular weight excluding hydrogens is 408 g/mol. The summed E-state index contributed by atoms with van der Waals surface area (Å²) in [5, 5.41) is 6.79. The van der Waals surface area contributed by atoms with E-state index in [9.17, 15) is 4.79 Å². The summed E-state index contributed by atoms with van der Waals surface area (Å²) >= 11 is 0. The lowest BCUT2D eigenvalue weighted by atomic mass is 10.0. The number of nitrogens with zero attached hydrogens (tertiary/aromatic N) is 2. The van der Waals surface area contributed by atoms with E-state index in [-0.39, 0.29) is 12.0 Å². The van der Waals surface area contributed by atoms with Gasteiger partial charge in [0.1, 0.15) is 5.75 Å². The molecule has 0 aromatic heterocycles. The number of unbranched alkanes of at least 4 members (excludes halogenated alkanes) is 3. The fourth-order valence-electron chi connectivity index (χ4n) is 3.72. The molecule has 8 heteroatoms. The van der Waals surface area contributed by atoms with Gasteiger partial charge in [0, 0.05) is 32.6 Å². The molecule has 2 N–H and O–H groups in total. The minimum atomic E-state index is -0.128. The highest BCUT2D eigenvalue weighted by Gasteiger charge is 2.22. The van der Waals surface area contributed by atoms with Crippen LogP contribution in [0.1, 0.15) is 50.6 Å². The number of morpholine rings is 1. The minimum Gasteiger partial charge on any atom is -0.497 e. The number of esters is 1. The molecule has 1 heterocycles. The van der Waals surface area contributed by atoms with Crippen LogP contribution in [0.15, 0.2) is 29.3 Å². The van der Waals surface area contributed by atoms with Gasteiger partial charge in [-0.1, -0.05) is 25.0 Å². The predicted octanol–water partition coefficient (Wildman–Crippen LogP) is 2.75. The zero-order chi connectivity index (χ0) is 23.0. The summed E-state index contributed by atoms with van der Waals surface area (Å²) in [4.78, 5) is 18.5. The molecule has 0 bridgehead atoms. The van der Waals surface area contributed by atoms with Crippen molar-refractivity contribution in [2.75, 3.05) is 60.2 Å². The third kappa shape index (κ3) is 9.44. The Morgan fingerprint density at radius 1 is 1.09 bits per heavy atom. The molecule has 1 aliphatic heterocycles. The summed E-state index contributed by atoms with van der Waals surface area (Å²) in [7, 11) is 3.12. The normalized spacial score (nSPS) is 15.8. The molecule has 2 rings (SSSR count). The van der Waals surface area contributed by atoms with Crippen LogP contribution >= 0.6 is 0 Å². The lowest BCUT2D eigenvalue weighted by Gasteiger charge is -2.34. The van der Waals surface area contributed by atoms with Crippen molar-refractivity contribution in [1.82, 2.24) is 15.5 Å². The van der Waals surface area contributed by atoms with Gasteiger partial charge < -0.3 is 24.8 Å². The van der Waals surface area contributed by atoms with Crippen LogP contribution in [0.4, 0.5) is 0 Å². The lowest BCUT2D eigenvalue weighted by Crippen LogP contribution is -2.42.